The number of nitrogens with two attached hydrogens (primary N) is 1. The number of hydrogen-bond donors (Lipinski definition) is 3. The molecular formula is C15H28N2O3. The fourth-order valence-corrected chi connectivity index (χ4v) is 3.17. The van der Waals surface area contributed by atoms with Crippen molar-refractivity contribution in [2.45, 2.75) is 65.5 Å². The van der Waals surface area contributed by atoms with Gasteiger partial charge >= 0.3 is 5.97 Å². The van der Waals surface area contributed by atoms with Gasteiger partial charge < -0.3 is 16.2 Å². The molecule has 116 valence electrons. The molecule has 0 bridgehead atoms. The lowest BCUT2D eigenvalue weighted by Gasteiger charge is -2.46. The number of carbonyl (C=O) groups is 2. The van der Waals surface area contributed by atoms with Crippen molar-refractivity contribution in [3.05, 3.63) is 0 Å². The van der Waals surface area contributed by atoms with E-state index in [0.717, 1.165) is 6.42 Å². The van der Waals surface area contributed by atoms with Crippen LogP contribution in [-0.2, 0) is 9.59 Å². The Hall–Kier alpha value is -1.10. The van der Waals surface area contributed by atoms with E-state index < -0.39 is 12.0 Å². The van der Waals surface area contributed by atoms with Gasteiger partial charge in [-0.3, -0.25) is 9.59 Å². The predicted octanol–water partition coefficient (Wildman–Crippen LogP) is 1.76. The van der Waals surface area contributed by atoms with E-state index in [1.54, 1.807) is 0 Å². The van der Waals surface area contributed by atoms with Gasteiger partial charge in [0.15, 0.2) is 0 Å². The number of nitrogens with one attached hydrogen (secondary N) is 1. The lowest BCUT2D eigenvalue weighted by atomic mass is 9.61. The molecule has 4 atom stereocenters. The Labute approximate surface area is 121 Å². The average molecular weight is 284 g/mol. The molecule has 0 aromatic rings. The highest BCUT2D eigenvalue weighted by Crippen LogP contribution is 2.45. The number of amides is 1. The minimum absolute atomic E-state index is 0.0102. The molecule has 3 unspecified atom stereocenters. The first-order valence-corrected chi connectivity index (χ1v) is 7.50. The SMILES string of the molecule is CCC[C@H](N)C(=O)NC1CCC(C(=O)O)C(C)(C)C1C. The summed E-state index contributed by atoms with van der Waals surface area (Å²) in [6.07, 6.45) is 2.85. The highest BCUT2D eigenvalue weighted by molar-refractivity contribution is 5.81. The topological polar surface area (TPSA) is 92.4 Å². The monoisotopic (exact) mass is 284 g/mol. The van der Waals surface area contributed by atoms with Crippen LogP contribution in [0, 0.1) is 17.3 Å². The molecule has 5 heteroatoms. The first-order valence-electron chi connectivity index (χ1n) is 7.50. The summed E-state index contributed by atoms with van der Waals surface area (Å²) in [5.74, 6) is -1.10. The Morgan fingerprint density at radius 2 is 2.00 bits per heavy atom. The molecule has 1 amide bonds. The molecule has 1 aliphatic rings. The van der Waals surface area contributed by atoms with Crippen LogP contribution in [0.5, 0.6) is 0 Å². The molecule has 1 rings (SSSR count). The molecule has 1 fully saturated rings. The molecule has 0 heterocycles. The van der Waals surface area contributed by atoms with Gasteiger partial charge in [-0.1, -0.05) is 34.1 Å². The lowest BCUT2D eigenvalue weighted by molar-refractivity contribution is -0.150. The van der Waals surface area contributed by atoms with Crippen molar-refractivity contribution in [2.75, 3.05) is 0 Å². The summed E-state index contributed by atoms with van der Waals surface area (Å²) in [6, 6.07) is -0.455. The minimum atomic E-state index is -0.741. The van der Waals surface area contributed by atoms with Crippen molar-refractivity contribution in [3.63, 3.8) is 0 Å². The zero-order valence-electron chi connectivity index (χ0n) is 13.0. The second-order valence-corrected chi connectivity index (χ2v) is 6.59. The molecule has 0 spiro atoms. The largest absolute Gasteiger partial charge is 0.481 e. The van der Waals surface area contributed by atoms with E-state index in [2.05, 4.69) is 5.32 Å². The van der Waals surface area contributed by atoms with Crippen molar-refractivity contribution in [1.82, 2.24) is 5.32 Å². The second-order valence-electron chi connectivity index (χ2n) is 6.59. The Kier molecular flexibility index (Phi) is 5.57. The van der Waals surface area contributed by atoms with Crippen LogP contribution in [0.15, 0.2) is 0 Å². The summed E-state index contributed by atoms with van der Waals surface area (Å²) in [4.78, 5) is 23.4. The second kappa shape index (κ2) is 6.57. The van der Waals surface area contributed by atoms with E-state index in [9.17, 15) is 14.7 Å². The normalized spacial score (nSPS) is 30.6. The van der Waals surface area contributed by atoms with Gasteiger partial charge in [-0.05, 0) is 30.6 Å². The van der Waals surface area contributed by atoms with Gasteiger partial charge in [0.05, 0.1) is 12.0 Å². The summed E-state index contributed by atoms with van der Waals surface area (Å²) in [6.45, 7) is 7.96. The van der Waals surface area contributed by atoms with Crippen molar-refractivity contribution in [1.29, 1.82) is 0 Å². The fourth-order valence-electron chi connectivity index (χ4n) is 3.17. The maximum absolute atomic E-state index is 12.0. The maximum Gasteiger partial charge on any atom is 0.307 e. The Morgan fingerprint density at radius 1 is 1.40 bits per heavy atom. The van der Waals surface area contributed by atoms with Crippen molar-refractivity contribution >= 4 is 11.9 Å². The van der Waals surface area contributed by atoms with Crippen LogP contribution in [0.4, 0.5) is 0 Å². The van der Waals surface area contributed by atoms with Crippen LogP contribution < -0.4 is 11.1 Å². The van der Waals surface area contributed by atoms with Gasteiger partial charge in [0.1, 0.15) is 0 Å². The van der Waals surface area contributed by atoms with Crippen LogP contribution in [0.3, 0.4) is 0 Å². The number of aliphatic carboxylic acids is 1. The van der Waals surface area contributed by atoms with Gasteiger partial charge in [-0.25, -0.2) is 0 Å². The predicted molar refractivity (Wildman–Crippen MR) is 78.1 cm³/mol. The van der Waals surface area contributed by atoms with Crippen LogP contribution in [0.25, 0.3) is 0 Å². The smallest absolute Gasteiger partial charge is 0.307 e. The Bertz CT molecular complexity index is 368. The first kappa shape index (κ1) is 17.0. The zero-order chi connectivity index (χ0) is 15.5. The number of carboxylic acids is 1. The van der Waals surface area contributed by atoms with Crippen LogP contribution in [0.2, 0.25) is 0 Å². The summed E-state index contributed by atoms with van der Waals surface area (Å²) < 4.78 is 0. The lowest BCUT2D eigenvalue weighted by Crippen LogP contribution is -2.55. The highest BCUT2D eigenvalue weighted by atomic mass is 16.4. The average Bonchev–Trinajstić information content (AvgIpc) is 2.34. The van der Waals surface area contributed by atoms with Crippen molar-refractivity contribution in [3.8, 4) is 0 Å². The van der Waals surface area contributed by atoms with Crippen molar-refractivity contribution in [2.24, 2.45) is 23.0 Å². The maximum atomic E-state index is 12.0. The van der Waals surface area contributed by atoms with Gasteiger partial charge in [-0.15, -0.1) is 0 Å². The molecule has 5 nitrogen and oxygen atoms in total. The molecule has 0 radical (unpaired) electrons. The van der Waals surface area contributed by atoms with E-state index in [0.29, 0.717) is 19.3 Å². The third-order valence-electron chi connectivity index (χ3n) is 5.00. The molecule has 20 heavy (non-hydrogen) atoms. The minimum Gasteiger partial charge on any atom is -0.481 e. The van der Waals surface area contributed by atoms with Gasteiger partial charge in [0, 0.05) is 6.04 Å². The number of hydrogen-bond acceptors (Lipinski definition) is 3. The van der Waals surface area contributed by atoms with Gasteiger partial charge in [0.2, 0.25) is 5.91 Å². The number of carbonyl (C=O) groups excluding carboxylic acids is 1. The van der Waals surface area contributed by atoms with Crippen molar-refractivity contribution < 1.29 is 14.7 Å². The van der Waals surface area contributed by atoms with Crippen LogP contribution in [-0.4, -0.2) is 29.1 Å². The molecule has 0 aromatic heterocycles. The Balaban J connectivity index is 2.71. The van der Waals surface area contributed by atoms with Gasteiger partial charge in [0.25, 0.3) is 0 Å². The molecule has 0 aliphatic heterocycles. The first-order chi connectivity index (χ1) is 9.21. The summed E-state index contributed by atoms with van der Waals surface area (Å²) in [7, 11) is 0. The van der Waals surface area contributed by atoms with Crippen LogP contribution >= 0.6 is 0 Å². The number of carboxylic acid groups (broad SMARTS) is 1. The Morgan fingerprint density at radius 3 is 2.50 bits per heavy atom. The fraction of sp³-hybridized carbons (Fsp3) is 0.867. The highest BCUT2D eigenvalue weighted by Gasteiger charge is 2.46. The van der Waals surface area contributed by atoms with E-state index in [1.165, 1.54) is 0 Å². The summed E-state index contributed by atoms with van der Waals surface area (Å²) in [5.41, 5.74) is 5.49. The summed E-state index contributed by atoms with van der Waals surface area (Å²) >= 11 is 0. The molecule has 4 N–H and O–H groups in total. The van der Waals surface area contributed by atoms with Gasteiger partial charge in [-0.2, -0.15) is 0 Å². The zero-order valence-corrected chi connectivity index (χ0v) is 13.0. The third-order valence-corrected chi connectivity index (χ3v) is 5.00. The van der Waals surface area contributed by atoms with E-state index in [1.807, 2.05) is 27.7 Å². The van der Waals surface area contributed by atoms with E-state index >= 15 is 0 Å². The third kappa shape index (κ3) is 3.51. The van der Waals surface area contributed by atoms with E-state index in [-0.39, 0.29) is 29.2 Å². The molecular weight excluding hydrogens is 256 g/mol. The van der Waals surface area contributed by atoms with E-state index in [4.69, 9.17) is 5.73 Å². The molecule has 0 aromatic carbocycles. The molecule has 1 saturated carbocycles. The molecule has 0 saturated heterocycles. The number of rotatable bonds is 5. The quantitative estimate of drug-likeness (QED) is 0.717. The molecule has 1 aliphatic carbocycles. The summed E-state index contributed by atoms with van der Waals surface area (Å²) in [5, 5.41) is 12.3. The van der Waals surface area contributed by atoms with Crippen LogP contribution in [0.1, 0.15) is 53.4 Å². The standard InChI is InChI=1S/C15H28N2O3/c1-5-6-11(16)13(18)17-12-8-7-10(14(19)20)15(3,4)9(12)2/h9-12H,5-8,16H2,1-4H3,(H,17,18)(H,19,20)/t9?,10?,11-,12?/m0/s1.